The van der Waals surface area contributed by atoms with Crippen molar-refractivity contribution >= 4 is 22.6 Å². The number of phenolic OH excluding ortho intramolecular Hbond substituents is 1. The minimum Gasteiger partial charge on any atom is -0.507 e. The van der Waals surface area contributed by atoms with E-state index in [1.165, 1.54) is 0 Å². The molecule has 1 aliphatic rings. The molecule has 7 nitrogen and oxygen atoms in total. The number of amides is 1. The van der Waals surface area contributed by atoms with Crippen molar-refractivity contribution in [3.63, 3.8) is 0 Å². The van der Waals surface area contributed by atoms with Crippen molar-refractivity contribution in [3.05, 3.63) is 48.0 Å². The molecule has 4 rings (SSSR count). The Morgan fingerprint density at radius 2 is 1.91 bits per heavy atom. The first-order valence-electron chi connectivity index (χ1n) is 11.6. The van der Waals surface area contributed by atoms with Crippen molar-refractivity contribution in [1.29, 1.82) is 0 Å². The number of aliphatic hydroxyl groups is 1. The summed E-state index contributed by atoms with van der Waals surface area (Å²) in [6.07, 6.45) is 1.04. The van der Waals surface area contributed by atoms with E-state index in [1.54, 1.807) is 12.1 Å². The molecule has 1 aromatic heterocycles. The first-order valence-corrected chi connectivity index (χ1v) is 11.6. The smallest absolute Gasteiger partial charge is 0.249 e. The van der Waals surface area contributed by atoms with E-state index in [2.05, 4.69) is 16.3 Å². The Morgan fingerprint density at radius 3 is 2.61 bits per heavy atom. The lowest BCUT2D eigenvalue weighted by Gasteiger charge is -2.34. The number of phenols is 1. The summed E-state index contributed by atoms with van der Waals surface area (Å²) in [5, 5.41) is 24.4. The van der Waals surface area contributed by atoms with E-state index in [1.807, 2.05) is 45.0 Å². The number of benzene rings is 2. The molecule has 1 amide bonds. The van der Waals surface area contributed by atoms with E-state index >= 15 is 0 Å². The maximum atomic E-state index is 12.3. The highest BCUT2D eigenvalue weighted by atomic mass is 16.3. The fourth-order valence-electron chi connectivity index (χ4n) is 4.33. The minimum atomic E-state index is -0.960. The van der Waals surface area contributed by atoms with Gasteiger partial charge in [-0.1, -0.05) is 32.0 Å². The minimum absolute atomic E-state index is 0. The average Bonchev–Trinajstić information content (AvgIpc) is 2.78. The molecule has 0 unspecified atom stereocenters. The normalized spacial score (nSPS) is 15.7. The second-order valence-corrected chi connectivity index (χ2v) is 9.32. The number of para-hydroxylation sites is 1. The molecular weight excluding hydrogens is 416 g/mol. The summed E-state index contributed by atoms with van der Waals surface area (Å²) in [4.78, 5) is 24.1. The van der Waals surface area contributed by atoms with Gasteiger partial charge in [-0.05, 0) is 61.9 Å². The van der Waals surface area contributed by atoms with E-state index in [-0.39, 0.29) is 26.5 Å². The predicted octanol–water partition coefficient (Wildman–Crippen LogP) is 4.29. The van der Waals surface area contributed by atoms with Crippen LogP contribution in [0.5, 0.6) is 5.75 Å². The largest absolute Gasteiger partial charge is 0.507 e. The Labute approximate surface area is 197 Å². The number of rotatable bonds is 6. The standard InChI is InChI=1S/C26H32N4O3.2H2/c1-16(2)14-23(32)26(33)27-18-10-12-30(13-11-18)25-19-9-8-17(3)15-21(19)28-24(29-25)20-6-4-5-7-22(20)31;;/h4-9,15-16,18,23,31-32H,10-14H2,1-3H3,(H,27,33);2*1H/t23-;;/m1../s1. The highest BCUT2D eigenvalue weighted by molar-refractivity contribution is 5.92. The molecule has 3 aromatic rings. The number of carbonyl (C=O) groups excluding carboxylic acids is 1. The summed E-state index contributed by atoms with van der Waals surface area (Å²) in [6.45, 7) is 7.47. The van der Waals surface area contributed by atoms with Crippen LogP contribution in [0.4, 0.5) is 5.82 Å². The van der Waals surface area contributed by atoms with Gasteiger partial charge in [0.1, 0.15) is 17.7 Å². The van der Waals surface area contributed by atoms with Crippen molar-refractivity contribution in [2.24, 2.45) is 5.92 Å². The molecule has 2 heterocycles. The van der Waals surface area contributed by atoms with Gasteiger partial charge < -0.3 is 20.4 Å². The number of anilines is 1. The zero-order valence-corrected chi connectivity index (χ0v) is 19.5. The topological polar surface area (TPSA) is 98.6 Å². The highest BCUT2D eigenvalue weighted by Crippen LogP contribution is 2.33. The Balaban J connectivity index is 0.00000216. The van der Waals surface area contributed by atoms with E-state index < -0.39 is 6.10 Å². The summed E-state index contributed by atoms with van der Waals surface area (Å²) in [7, 11) is 0. The number of aryl methyl sites for hydroxylation is 1. The molecule has 1 fully saturated rings. The molecule has 7 heteroatoms. The van der Waals surface area contributed by atoms with Crippen LogP contribution in [0.15, 0.2) is 42.5 Å². The zero-order valence-electron chi connectivity index (χ0n) is 19.5. The van der Waals surface area contributed by atoms with E-state index in [0.717, 1.165) is 48.2 Å². The molecular formula is C26H36N4O3. The van der Waals surface area contributed by atoms with Crippen LogP contribution in [0.2, 0.25) is 0 Å². The van der Waals surface area contributed by atoms with Gasteiger partial charge in [-0.3, -0.25) is 4.79 Å². The highest BCUT2D eigenvalue weighted by Gasteiger charge is 2.26. The third kappa shape index (κ3) is 5.25. The van der Waals surface area contributed by atoms with Crippen LogP contribution in [0, 0.1) is 12.8 Å². The maximum absolute atomic E-state index is 12.3. The van der Waals surface area contributed by atoms with Gasteiger partial charge in [0.15, 0.2) is 5.82 Å². The number of nitrogens with zero attached hydrogens (tertiary/aromatic N) is 3. The number of aromatic nitrogens is 2. The van der Waals surface area contributed by atoms with Crippen molar-refractivity contribution in [1.82, 2.24) is 15.3 Å². The SMILES string of the molecule is Cc1ccc2c(N3CCC(NC(=O)[C@H](O)CC(C)C)CC3)nc(-c3ccccc3O)nc2c1.[HH].[HH]. The molecule has 0 radical (unpaired) electrons. The third-order valence-corrected chi connectivity index (χ3v) is 6.12. The number of aliphatic hydroxyl groups excluding tert-OH is 1. The molecule has 3 N–H and O–H groups in total. The summed E-state index contributed by atoms with van der Waals surface area (Å²) < 4.78 is 0. The van der Waals surface area contributed by atoms with E-state index in [9.17, 15) is 15.0 Å². The third-order valence-electron chi connectivity index (χ3n) is 6.12. The van der Waals surface area contributed by atoms with Crippen LogP contribution in [0.3, 0.4) is 0 Å². The van der Waals surface area contributed by atoms with Crippen LogP contribution in [-0.2, 0) is 4.79 Å². The number of piperidine rings is 1. The monoisotopic (exact) mass is 452 g/mol. The van der Waals surface area contributed by atoms with Crippen LogP contribution in [0.1, 0.15) is 41.5 Å². The molecule has 0 aliphatic carbocycles. The first-order chi connectivity index (χ1) is 15.8. The quantitative estimate of drug-likeness (QED) is 0.516. The molecule has 1 saturated heterocycles. The molecule has 178 valence electrons. The fraction of sp³-hybridized carbons (Fsp3) is 0.423. The van der Waals surface area contributed by atoms with E-state index in [0.29, 0.717) is 17.8 Å². The molecule has 1 aliphatic heterocycles. The van der Waals surface area contributed by atoms with Crippen LogP contribution in [0.25, 0.3) is 22.3 Å². The molecule has 0 saturated carbocycles. The Hall–Kier alpha value is -3.19. The fourth-order valence-corrected chi connectivity index (χ4v) is 4.33. The number of aromatic hydroxyl groups is 1. The van der Waals surface area contributed by atoms with Crippen molar-refractivity contribution in [2.45, 2.75) is 52.2 Å². The van der Waals surface area contributed by atoms with Crippen LogP contribution < -0.4 is 10.2 Å². The number of fused-ring (bicyclic) bond motifs is 1. The number of hydrogen-bond donors (Lipinski definition) is 3. The van der Waals surface area contributed by atoms with Crippen LogP contribution in [-0.4, -0.2) is 51.3 Å². The summed E-state index contributed by atoms with van der Waals surface area (Å²) in [5.41, 5.74) is 2.55. The second-order valence-electron chi connectivity index (χ2n) is 9.32. The van der Waals surface area contributed by atoms with E-state index in [4.69, 9.17) is 9.97 Å². The predicted molar refractivity (Wildman–Crippen MR) is 134 cm³/mol. The van der Waals surface area contributed by atoms with Gasteiger partial charge in [-0.2, -0.15) is 0 Å². The van der Waals surface area contributed by atoms with Gasteiger partial charge >= 0.3 is 0 Å². The summed E-state index contributed by atoms with van der Waals surface area (Å²) in [6, 6.07) is 13.3. The molecule has 0 spiro atoms. The number of hydrogen-bond acceptors (Lipinski definition) is 6. The van der Waals surface area contributed by atoms with Gasteiger partial charge in [0.25, 0.3) is 0 Å². The Kier molecular flexibility index (Phi) is 6.79. The summed E-state index contributed by atoms with van der Waals surface area (Å²) in [5.74, 6) is 1.46. The molecule has 33 heavy (non-hydrogen) atoms. The van der Waals surface area contributed by atoms with Gasteiger partial charge in [-0.15, -0.1) is 0 Å². The first kappa shape index (κ1) is 23.0. The molecule has 1 atom stereocenters. The van der Waals surface area contributed by atoms with Crippen molar-refractivity contribution < 1.29 is 17.9 Å². The maximum Gasteiger partial charge on any atom is 0.249 e. The lowest BCUT2D eigenvalue weighted by Crippen LogP contribution is -2.48. The Morgan fingerprint density at radius 1 is 1.18 bits per heavy atom. The van der Waals surface area contributed by atoms with Crippen molar-refractivity contribution in [3.8, 4) is 17.1 Å². The summed E-state index contributed by atoms with van der Waals surface area (Å²) >= 11 is 0. The van der Waals surface area contributed by atoms with Crippen molar-refractivity contribution in [2.75, 3.05) is 18.0 Å². The lowest BCUT2D eigenvalue weighted by molar-refractivity contribution is -0.130. The zero-order chi connectivity index (χ0) is 23.5. The lowest BCUT2D eigenvalue weighted by atomic mass is 10.0. The van der Waals surface area contributed by atoms with Gasteiger partial charge in [0.05, 0.1) is 11.1 Å². The average molecular weight is 453 g/mol. The van der Waals surface area contributed by atoms with Gasteiger partial charge in [0.2, 0.25) is 5.91 Å². The number of nitrogens with one attached hydrogen (secondary N) is 1. The van der Waals surface area contributed by atoms with Gasteiger partial charge in [-0.25, -0.2) is 9.97 Å². The molecule has 2 aromatic carbocycles. The van der Waals surface area contributed by atoms with Crippen LogP contribution >= 0.6 is 0 Å². The molecule has 0 bridgehead atoms. The Bertz CT molecular complexity index is 1150. The second kappa shape index (κ2) is 9.75. The number of carbonyl (C=O) groups is 1. The van der Waals surface area contributed by atoms with Gasteiger partial charge in [0, 0.05) is 27.4 Å².